The molecule has 1 rings (SSSR count). The van der Waals surface area contributed by atoms with Crippen LogP contribution in [0.3, 0.4) is 0 Å². The summed E-state index contributed by atoms with van der Waals surface area (Å²) in [6.45, 7) is 7.46. The molecule has 0 saturated heterocycles. The van der Waals surface area contributed by atoms with E-state index in [4.69, 9.17) is 14.7 Å². The Morgan fingerprint density at radius 2 is 2.04 bits per heavy atom. The van der Waals surface area contributed by atoms with Crippen molar-refractivity contribution in [2.24, 2.45) is 0 Å². The Bertz CT molecular complexity index is 559. The van der Waals surface area contributed by atoms with E-state index in [0.29, 0.717) is 24.4 Å². The second-order valence-corrected chi connectivity index (χ2v) is 6.11. The van der Waals surface area contributed by atoms with E-state index in [2.05, 4.69) is 16.7 Å². The molecule has 126 valence electrons. The number of carbonyl (C=O) groups is 1. The number of rotatable bonds is 7. The van der Waals surface area contributed by atoms with Crippen molar-refractivity contribution >= 4 is 6.09 Å². The first-order valence-electron chi connectivity index (χ1n) is 7.60. The predicted molar refractivity (Wildman–Crippen MR) is 88.3 cm³/mol. The summed E-state index contributed by atoms with van der Waals surface area (Å²) in [6.07, 6.45) is 0.395. The molecule has 1 aromatic rings. The van der Waals surface area contributed by atoms with E-state index in [9.17, 15) is 4.79 Å². The van der Waals surface area contributed by atoms with Gasteiger partial charge in [-0.1, -0.05) is 6.07 Å². The third-order valence-corrected chi connectivity index (χ3v) is 2.91. The third kappa shape index (κ3) is 7.52. The lowest BCUT2D eigenvalue weighted by Gasteiger charge is -2.19. The summed E-state index contributed by atoms with van der Waals surface area (Å²) in [5, 5.41) is 15.0. The van der Waals surface area contributed by atoms with Gasteiger partial charge in [0.05, 0.1) is 12.7 Å². The zero-order chi connectivity index (χ0) is 17.3. The number of hydrogen-bond donors (Lipinski definition) is 2. The molecule has 6 nitrogen and oxygen atoms in total. The summed E-state index contributed by atoms with van der Waals surface area (Å²) in [4.78, 5) is 11.4. The van der Waals surface area contributed by atoms with Gasteiger partial charge in [-0.15, -0.1) is 0 Å². The molecule has 0 fully saturated rings. The number of nitrogens with one attached hydrogen (secondary N) is 2. The molecule has 0 aromatic heterocycles. The number of hydrogen-bond acceptors (Lipinski definition) is 5. The van der Waals surface area contributed by atoms with E-state index < -0.39 is 11.7 Å². The average Bonchev–Trinajstić information content (AvgIpc) is 2.48. The highest BCUT2D eigenvalue weighted by Crippen LogP contribution is 2.18. The normalized spacial score (nSPS) is 10.7. The lowest BCUT2D eigenvalue weighted by molar-refractivity contribution is 0.0527. The van der Waals surface area contributed by atoms with Gasteiger partial charge in [0, 0.05) is 13.1 Å². The van der Waals surface area contributed by atoms with E-state index in [1.807, 2.05) is 32.9 Å². The smallest absolute Gasteiger partial charge is 0.407 e. The van der Waals surface area contributed by atoms with Crippen molar-refractivity contribution in [3.63, 3.8) is 0 Å². The quantitative estimate of drug-likeness (QED) is 0.755. The van der Waals surface area contributed by atoms with Crippen molar-refractivity contribution in [1.82, 2.24) is 10.6 Å². The van der Waals surface area contributed by atoms with Crippen molar-refractivity contribution < 1.29 is 14.3 Å². The summed E-state index contributed by atoms with van der Waals surface area (Å²) in [5.74, 6) is 0.581. The number of methoxy groups -OCH3 is 1. The van der Waals surface area contributed by atoms with Crippen molar-refractivity contribution in [3.8, 4) is 11.8 Å². The van der Waals surface area contributed by atoms with Crippen LogP contribution < -0.4 is 15.4 Å². The van der Waals surface area contributed by atoms with E-state index in [0.717, 1.165) is 18.5 Å². The highest BCUT2D eigenvalue weighted by Gasteiger charge is 2.15. The summed E-state index contributed by atoms with van der Waals surface area (Å²) >= 11 is 0. The third-order valence-electron chi connectivity index (χ3n) is 2.91. The topological polar surface area (TPSA) is 83.4 Å². The van der Waals surface area contributed by atoms with Crippen LogP contribution in [0.25, 0.3) is 0 Å². The van der Waals surface area contributed by atoms with E-state index in [1.165, 1.54) is 0 Å². The molecule has 0 bridgehead atoms. The molecule has 0 radical (unpaired) electrons. The standard InChI is InChI=1S/C17H25N3O3/c1-17(2,3)23-16(21)20-9-5-8-19-12-13-6-7-15(22-4)14(10-13)11-18/h6-7,10,19H,5,8-9,12H2,1-4H3,(H,20,21). The zero-order valence-electron chi connectivity index (χ0n) is 14.2. The van der Waals surface area contributed by atoms with Crippen molar-refractivity contribution in [2.75, 3.05) is 20.2 Å². The Labute approximate surface area is 137 Å². The summed E-state index contributed by atoms with van der Waals surface area (Å²) in [6, 6.07) is 7.64. The fourth-order valence-corrected chi connectivity index (χ4v) is 1.90. The van der Waals surface area contributed by atoms with Crippen LogP contribution in [-0.4, -0.2) is 31.9 Å². The first-order valence-corrected chi connectivity index (χ1v) is 7.60. The Morgan fingerprint density at radius 1 is 1.30 bits per heavy atom. The molecule has 1 aromatic carbocycles. The van der Waals surface area contributed by atoms with Crippen LogP contribution in [0.15, 0.2) is 18.2 Å². The van der Waals surface area contributed by atoms with Gasteiger partial charge in [-0.25, -0.2) is 4.79 Å². The van der Waals surface area contributed by atoms with E-state index in [1.54, 1.807) is 13.2 Å². The number of nitrogens with zero attached hydrogens (tertiary/aromatic N) is 1. The highest BCUT2D eigenvalue weighted by molar-refractivity contribution is 5.67. The first-order chi connectivity index (χ1) is 10.9. The average molecular weight is 319 g/mol. The second kappa shape index (κ2) is 9.01. The second-order valence-electron chi connectivity index (χ2n) is 6.11. The molecule has 0 aliphatic heterocycles. The number of carbonyl (C=O) groups excluding carboxylic acids is 1. The Balaban J connectivity index is 2.23. The fourth-order valence-electron chi connectivity index (χ4n) is 1.90. The van der Waals surface area contributed by atoms with Crippen LogP contribution in [0, 0.1) is 11.3 Å². The van der Waals surface area contributed by atoms with Crippen LogP contribution in [0.5, 0.6) is 5.75 Å². The highest BCUT2D eigenvalue weighted by atomic mass is 16.6. The van der Waals surface area contributed by atoms with E-state index >= 15 is 0 Å². The SMILES string of the molecule is COc1ccc(CNCCCNC(=O)OC(C)(C)C)cc1C#N. The minimum atomic E-state index is -0.477. The summed E-state index contributed by atoms with van der Waals surface area (Å²) < 4.78 is 10.3. The van der Waals surface area contributed by atoms with Gasteiger partial charge in [0.1, 0.15) is 17.4 Å². The molecule has 6 heteroatoms. The Morgan fingerprint density at radius 3 is 2.65 bits per heavy atom. The maximum Gasteiger partial charge on any atom is 0.407 e. The van der Waals surface area contributed by atoms with Gasteiger partial charge in [0.15, 0.2) is 0 Å². The van der Waals surface area contributed by atoms with Gasteiger partial charge in [0.25, 0.3) is 0 Å². The number of benzene rings is 1. The number of ether oxygens (including phenoxy) is 2. The predicted octanol–water partition coefficient (Wildman–Crippen LogP) is 2.57. The molecule has 2 N–H and O–H groups in total. The molecule has 0 spiro atoms. The zero-order valence-corrected chi connectivity index (χ0v) is 14.2. The van der Waals surface area contributed by atoms with Gasteiger partial charge in [-0.2, -0.15) is 5.26 Å². The van der Waals surface area contributed by atoms with Crippen LogP contribution in [0.4, 0.5) is 4.79 Å². The van der Waals surface area contributed by atoms with Gasteiger partial charge in [-0.05, 0) is 51.4 Å². The molecule has 0 aliphatic rings. The lowest BCUT2D eigenvalue weighted by atomic mass is 10.1. The van der Waals surface area contributed by atoms with Crippen molar-refractivity contribution in [1.29, 1.82) is 5.26 Å². The largest absolute Gasteiger partial charge is 0.495 e. The molecule has 0 atom stereocenters. The summed E-state index contributed by atoms with van der Waals surface area (Å²) in [5.41, 5.74) is 1.07. The minimum absolute atomic E-state index is 0.397. The summed E-state index contributed by atoms with van der Waals surface area (Å²) in [7, 11) is 1.55. The number of nitriles is 1. The Kier molecular flexibility index (Phi) is 7.36. The van der Waals surface area contributed by atoms with Crippen molar-refractivity contribution in [2.45, 2.75) is 39.3 Å². The first kappa shape index (κ1) is 18.8. The molecule has 23 heavy (non-hydrogen) atoms. The van der Waals surface area contributed by atoms with Crippen LogP contribution in [0.2, 0.25) is 0 Å². The van der Waals surface area contributed by atoms with Crippen LogP contribution in [0.1, 0.15) is 38.3 Å². The van der Waals surface area contributed by atoms with Gasteiger partial charge >= 0.3 is 6.09 Å². The minimum Gasteiger partial charge on any atom is -0.495 e. The van der Waals surface area contributed by atoms with Gasteiger partial charge < -0.3 is 20.1 Å². The fraction of sp³-hybridized carbons (Fsp3) is 0.529. The van der Waals surface area contributed by atoms with Gasteiger partial charge in [0.2, 0.25) is 0 Å². The van der Waals surface area contributed by atoms with Crippen LogP contribution >= 0.6 is 0 Å². The maximum absolute atomic E-state index is 11.4. The maximum atomic E-state index is 11.4. The molecule has 0 heterocycles. The molecular formula is C17H25N3O3. The van der Waals surface area contributed by atoms with E-state index in [-0.39, 0.29) is 0 Å². The molecular weight excluding hydrogens is 294 g/mol. The lowest BCUT2D eigenvalue weighted by Crippen LogP contribution is -2.33. The molecule has 0 aliphatic carbocycles. The van der Waals surface area contributed by atoms with Crippen LogP contribution in [-0.2, 0) is 11.3 Å². The molecule has 0 unspecified atom stereocenters. The molecule has 0 saturated carbocycles. The number of amides is 1. The monoisotopic (exact) mass is 319 g/mol. The molecule has 1 amide bonds. The van der Waals surface area contributed by atoms with Crippen molar-refractivity contribution in [3.05, 3.63) is 29.3 Å². The Hall–Kier alpha value is -2.26. The van der Waals surface area contributed by atoms with Gasteiger partial charge in [-0.3, -0.25) is 0 Å². The number of alkyl carbamates (subject to hydrolysis) is 1.